The highest BCUT2D eigenvalue weighted by Crippen LogP contribution is 2.21. The molecule has 1 aromatic carbocycles. The largest absolute Gasteiger partial charge is 0.396 e. The van der Waals surface area contributed by atoms with Crippen molar-refractivity contribution in [3.8, 4) is 0 Å². The summed E-state index contributed by atoms with van der Waals surface area (Å²) in [5.41, 5.74) is 0.617. The predicted molar refractivity (Wildman–Crippen MR) is 79.3 cm³/mol. The van der Waals surface area contributed by atoms with Gasteiger partial charge in [-0.2, -0.15) is 0 Å². The smallest absolute Gasteiger partial charge is 0.254 e. The first-order chi connectivity index (χ1) is 8.56. The maximum atomic E-state index is 12.2. The molecule has 0 aromatic heterocycles. The van der Waals surface area contributed by atoms with Gasteiger partial charge in [-0.05, 0) is 37.5 Å². The van der Waals surface area contributed by atoms with Crippen LogP contribution < -0.4 is 0 Å². The van der Waals surface area contributed by atoms with Crippen LogP contribution in [0.3, 0.4) is 0 Å². The summed E-state index contributed by atoms with van der Waals surface area (Å²) < 4.78 is 0.912. The van der Waals surface area contributed by atoms with Crippen LogP contribution in [-0.4, -0.2) is 36.1 Å². The van der Waals surface area contributed by atoms with E-state index >= 15 is 0 Å². The fourth-order valence-corrected chi connectivity index (χ4v) is 2.48. The van der Waals surface area contributed by atoms with Gasteiger partial charge >= 0.3 is 0 Å². The zero-order valence-corrected chi connectivity index (χ0v) is 12.9. The van der Waals surface area contributed by atoms with Gasteiger partial charge in [0.25, 0.3) is 5.91 Å². The summed E-state index contributed by atoms with van der Waals surface area (Å²) in [6.45, 7) is 0.910. The molecule has 0 atom stereocenters. The molecular weight excluding hydrogens is 314 g/mol. The first-order valence-corrected chi connectivity index (χ1v) is 7.15. The number of unbranched alkanes of at least 4 members (excludes halogenated alkanes) is 2. The summed E-state index contributed by atoms with van der Waals surface area (Å²) >= 11 is 7.66. The first kappa shape index (κ1) is 15.5. The molecule has 1 N–H and O–H groups in total. The number of amides is 1. The van der Waals surface area contributed by atoms with Gasteiger partial charge in [-0.1, -0.05) is 15.9 Å². The molecular formula is C13H18BrNO2S. The number of hydrogen-bond acceptors (Lipinski definition) is 3. The number of rotatable bonds is 6. The lowest BCUT2D eigenvalue weighted by Gasteiger charge is -2.18. The molecule has 0 heterocycles. The Balaban J connectivity index is 2.57. The third-order valence-corrected chi connectivity index (χ3v) is 3.55. The van der Waals surface area contributed by atoms with Crippen molar-refractivity contribution in [1.29, 1.82) is 0 Å². The fraction of sp³-hybridized carbons (Fsp3) is 0.462. The van der Waals surface area contributed by atoms with Gasteiger partial charge < -0.3 is 10.0 Å². The van der Waals surface area contributed by atoms with Gasteiger partial charge in [0.2, 0.25) is 0 Å². The number of halogens is 1. The zero-order chi connectivity index (χ0) is 13.5. The number of benzene rings is 1. The number of aliphatic hydroxyl groups excluding tert-OH is 1. The van der Waals surface area contributed by atoms with Gasteiger partial charge in [0, 0.05) is 29.6 Å². The van der Waals surface area contributed by atoms with E-state index in [0.717, 1.165) is 23.7 Å². The van der Waals surface area contributed by atoms with Crippen LogP contribution in [0, 0.1) is 0 Å². The zero-order valence-electron chi connectivity index (χ0n) is 10.4. The third-order valence-electron chi connectivity index (χ3n) is 2.69. The highest BCUT2D eigenvalue weighted by molar-refractivity contribution is 9.10. The minimum atomic E-state index is -0.0171. The SMILES string of the molecule is CN(CCCCCO)C(=O)c1ccc(Br)cc1S. The Kier molecular flexibility index (Phi) is 6.75. The van der Waals surface area contributed by atoms with Gasteiger partial charge in [0.15, 0.2) is 0 Å². The molecule has 0 aliphatic heterocycles. The lowest BCUT2D eigenvalue weighted by atomic mass is 10.2. The second-order valence-corrected chi connectivity index (χ2v) is 5.57. The Labute approximate surface area is 122 Å². The van der Waals surface area contributed by atoms with Gasteiger partial charge in [0.1, 0.15) is 0 Å². The van der Waals surface area contributed by atoms with E-state index in [-0.39, 0.29) is 12.5 Å². The highest BCUT2D eigenvalue weighted by Gasteiger charge is 2.14. The van der Waals surface area contributed by atoms with Crippen LogP contribution in [0.25, 0.3) is 0 Å². The molecule has 1 aromatic rings. The minimum Gasteiger partial charge on any atom is -0.396 e. The van der Waals surface area contributed by atoms with Crippen LogP contribution in [0.2, 0.25) is 0 Å². The van der Waals surface area contributed by atoms with Crippen molar-refractivity contribution >= 4 is 34.5 Å². The Morgan fingerprint density at radius 3 is 2.72 bits per heavy atom. The van der Waals surface area contributed by atoms with Crippen molar-refractivity contribution in [3.05, 3.63) is 28.2 Å². The van der Waals surface area contributed by atoms with Crippen LogP contribution in [0.1, 0.15) is 29.6 Å². The van der Waals surface area contributed by atoms with Gasteiger partial charge in [0.05, 0.1) is 5.56 Å². The molecule has 0 bridgehead atoms. The Morgan fingerprint density at radius 2 is 2.11 bits per heavy atom. The molecule has 0 radical (unpaired) electrons. The molecule has 0 saturated carbocycles. The van der Waals surface area contributed by atoms with Crippen molar-refractivity contribution in [1.82, 2.24) is 4.90 Å². The van der Waals surface area contributed by atoms with Crippen molar-refractivity contribution in [2.45, 2.75) is 24.2 Å². The second-order valence-electron chi connectivity index (χ2n) is 4.17. The average Bonchev–Trinajstić information content (AvgIpc) is 2.33. The van der Waals surface area contributed by atoms with Gasteiger partial charge in [-0.3, -0.25) is 4.79 Å². The predicted octanol–water partition coefficient (Wildman–Crippen LogP) is 2.97. The minimum absolute atomic E-state index is 0.0171. The van der Waals surface area contributed by atoms with Crippen LogP contribution in [0.15, 0.2) is 27.6 Å². The maximum Gasteiger partial charge on any atom is 0.254 e. The molecule has 1 rings (SSSR count). The lowest BCUT2D eigenvalue weighted by Crippen LogP contribution is -2.28. The Bertz CT molecular complexity index is 412. The summed E-state index contributed by atoms with van der Waals surface area (Å²) in [7, 11) is 1.79. The average molecular weight is 332 g/mol. The van der Waals surface area contributed by atoms with Crippen molar-refractivity contribution in [2.75, 3.05) is 20.2 Å². The molecule has 18 heavy (non-hydrogen) atoms. The molecule has 0 aliphatic carbocycles. The third kappa shape index (κ3) is 4.63. The summed E-state index contributed by atoms with van der Waals surface area (Å²) in [4.78, 5) is 14.5. The van der Waals surface area contributed by atoms with Crippen molar-refractivity contribution < 1.29 is 9.90 Å². The molecule has 5 heteroatoms. The van der Waals surface area contributed by atoms with E-state index in [1.165, 1.54) is 0 Å². The number of carbonyl (C=O) groups is 1. The highest BCUT2D eigenvalue weighted by atomic mass is 79.9. The maximum absolute atomic E-state index is 12.2. The van der Waals surface area contributed by atoms with E-state index in [0.29, 0.717) is 17.0 Å². The second kappa shape index (κ2) is 7.81. The van der Waals surface area contributed by atoms with Gasteiger partial charge in [-0.15, -0.1) is 12.6 Å². The molecule has 0 saturated heterocycles. The summed E-state index contributed by atoms with van der Waals surface area (Å²) in [5, 5.41) is 8.69. The molecule has 0 aliphatic rings. The number of nitrogens with zero attached hydrogens (tertiary/aromatic N) is 1. The topological polar surface area (TPSA) is 40.5 Å². The quantitative estimate of drug-likeness (QED) is 0.621. The van der Waals surface area contributed by atoms with Crippen molar-refractivity contribution in [3.63, 3.8) is 0 Å². The molecule has 1 amide bonds. The monoisotopic (exact) mass is 331 g/mol. The van der Waals surface area contributed by atoms with E-state index in [1.54, 1.807) is 18.0 Å². The molecule has 3 nitrogen and oxygen atoms in total. The lowest BCUT2D eigenvalue weighted by molar-refractivity contribution is 0.0789. The molecule has 100 valence electrons. The Morgan fingerprint density at radius 1 is 1.39 bits per heavy atom. The van der Waals surface area contributed by atoms with Crippen molar-refractivity contribution in [2.24, 2.45) is 0 Å². The number of thiol groups is 1. The summed E-state index contributed by atoms with van der Waals surface area (Å²) in [5.74, 6) is -0.0171. The van der Waals surface area contributed by atoms with E-state index < -0.39 is 0 Å². The normalized spacial score (nSPS) is 10.4. The van der Waals surface area contributed by atoms with Crippen LogP contribution in [0.4, 0.5) is 0 Å². The van der Waals surface area contributed by atoms with E-state index in [1.807, 2.05) is 12.1 Å². The van der Waals surface area contributed by atoms with Crippen LogP contribution in [0.5, 0.6) is 0 Å². The summed E-state index contributed by atoms with van der Waals surface area (Å²) in [6, 6.07) is 5.43. The number of aliphatic hydroxyl groups is 1. The van der Waals surface area contributed by atoms with E-state index in [2.05, 4.69) is 28.6 Å². The fourth-order valence-electron chi connectivity index (χ4n) is 1.63. The number of carbonyl (C=O) groups excluding carboxylic acids is 1. The van der Waals surface area contributed by atoms with Crippen LogP contribution >= 0.6 is 28.6 Å². The van der Waals surface area contributed by atoms with E-state index in [4.69, 9.17) is 5.11 Å². The Hall–Kier alpha value is -0.520. The van der Waals surface area contributed by atoms with Gasteiger partial charge in [-0.25, -0.2) is 0 Å². The first-order valence-electron chi connectivity index (χ1n) is 5.91. The molecule has 0 fully saturated rings. The summed E-state index contributed by atoms with van der Waals surface area (Å²) in [6.07, 6.45) is 2.63. The molecule has 0 unspecified atom stereocenters. The van der Waals surface area contributed by atoms with E-state index in [9.17, 15) is 4.79 Å². The molecule has 0 spiro atoms. The van der Waals surface area contributed by atoms with Crippen LogP contribution in [-0.2, 0) is 0 Å². The number of hydrogen-bond donors (Lipinski definition) is 2. The standard InChI is InChI=1S/C13H18BrNO2S/c1-15(7-3-2-4-8-16)13(17)11-6-5-10(14)9-12(11)18/h5-6,9,16,18H,2-4,7-8H2,1H3.